The Kier molecular flexibility index (Phi) is 4.36. The predicted molar refractivity (Wildman–Crippen MR) is 110 cm³/mol. The highest BCUT2D eigenvalue weighted by Crippen LogP contribution is 2.40. The normalized spacial score (nSPS) is 13.8. The molecule has 0 atom stereocenters. The van der Waals surface area contributed by atoms with E-state index in [1.807, 2.05) is 6.92 Å². The standard InChI is InChI=1S/C22H17ClN2O5/c1-10-5-18-14(7-16(10)23)13(6-19(26)29-18)9-28-22(27)15-8-17(12-3-4-12)24-21-20(15)11(2)25-30-21/h5-8,12H,3-4,9H2,1-2H3. The van der Waals surface area contributed by atoms with Crippen LogP contribution in [-0.2, 0) is 11.3 Å². The van der Waals surface area contributed by atoms with Crippen molar-refractivity contribution in [2.75, 3.05) is 0 Å². The van der Waals surface area contributed by atoms with Gasteiger partial charge in [0.1, 0.15) is 12.2 Å². The molecule has 0 saturated heterocycles. The van der Waals surface area contributed by atoms with E-state index in [0.717, 1.165) is 24.1 Å². The molecule has 4 aromatic rings. The van der Waals surface area contributed by atoms with Crippen LogP contribution in [0.25, 0.3) is 22.1 Å². The summed E-state index contributed by atoms with van der Waals surface area (Å²) < 4.78 is 16.1. The first-order chi connectivity index (χ1) is 14.4. The Morgan fingerprint density at radius 1 is 1.23 bits per heavy atom. The van der Waals surface area contributed by atoms with Crippen molar-refractivity contribution in [2.45, 2.75) is 39.2 Å². The van der Waals surface area contributed by atoms with Crippen LogP contribution < -0.4 is 5.63 Å². The fraction of sp³-hybridized carbons (Fsp3) is 0.273. The number of benzene rings is 1. The van der Waals surface area contributed by atoms with Gasteiger partial charge in [-0.1, -0.05) is 16.8 Å². The summed E-state index contributed by atoms with van der Waals surface area (Å²) >= 11 is 6.23. The lowest BCUT2D eigenvalue weighted by atomic mass is 10.1. The summed E-state index contributed by atoms with van der Waals surface area (Å²) in [6.07, 6.45) is 2.07. The van der Waals surface area contributed by atoms with E-state index >= 15 is 0 Å². The summed E-state index contributed by atoms with van der Waals surface area (Å²) in [4.78, 5) is 29.4. The smallest absolute Gasteiger partial charge is 0.339 e. The van der Waals surface area contributed by atoms with E-state index in [1.54, 1.807) is 25.1 Å². The van der Waals surface area contributed by atoms with Crippen molar-refractivity contribution in [3.05, 3.63) is 67.8 Å². The molecule has 1 aliphatic rings. The summed E-state index contributed by atoms with van der Waals surface area (Å²) in [6.45, 7) is 3.47. The third-order valence-corrected chi connectivity index (χ3v) is 5.73. The van der Waals surface area contributed by atoms with Gasteiger partial charge < -0.3 is 13.7 Å². The van der Waals surface area contributed by atoms with Crippen LogP contribution in [0.1, 0.15) is 51.6 Å². The van der Waals surface area contributed by atoms with Crippen molar-refractivity contribution < 1.29 is 18.5 Å². The number of halogens is 1. The van der Waals surface area contributed by atoms with Crippen molar-refractivity contribution in [2.24, 2.45) is 0 Å². The molecule has 5 rings (SSSR count). The van der Waals surface area contributed by atoms with Gasteiger partial charge in [0.2, 0.25) is 0 Å². The fourth-order valence-electron chi connectivity index (χ4n) is 3.55. The molecule has 7 nitrogen and oxygen atoms in total. The average Bonchev–Trinajstić information content (AvgIpc) is 3.50. The van der Waals surface area contributed by atoms with E-state index in [9.17, 15) is 9.59 Å². The van der Waals surface area contributed by atoms with E-state index in [0.29, 0.717) is 49.8 Å². The molecular formula is C22H17ClN2O5. The minimum atomic E-state index is -0.532. The highest BCUT2D eigenvalue weighted by molar-refractivity contribution is 6.32. The molecular weight excluding hydrogens is 408 g/mol. The van der Waals surface area contributed by atoms with Gasteiger partial charge in [-0.3, -0.25) is 0 Å². The average molecular weight is 425 g/mol. The summed E-state index contributed by atoms with van der Waals surface area (Å²) in [5.41, 5.74) is 3.25. The second-order valence-electron chi connectivity index (χ2n) is 7.58. The van der Waals surface area contributed by atoms with E-state index in [4.69, 9.17) is 25.3 Å². The molecule has 0 bridgehead atoms. The van der Waals surface area contributed by atoms with Gasteiger partial charge in [0.25, 0.3) is 5.71 Å². The topological polar surface area (TPSA) is 95.4 Å². The van der Waals surface area contributed by atoms with Crippen LogP contribution in [0.15, 0.2) is 38.0 Å². The van der Waals surface area contributed by atoms with Crippen LogP contribution in [0.3, 0.4) is 0 Å². The van der Waals surface area contributed by atoms with Crippen molar-refractivity contribution in [3.8, 4) is 0 Å². The van der Waals surface area contributed by atoms with E-state index in [-0.39, 0.29) is 6.61 Å². The number of pyridine rings is 1. The molecule has 0 aliphatic heterocycles. The zero-order valence-corrected chi connectivity index (χ0v) is 17.1. The monoisotopic (exact) mass is 424 g/mol. The van der Waals surface area contributed by atoms with Crippen LogP contribution in [0.5, 0.6) is 0 Å². The zero-order valence-electron chi connectivity index (χ0n) is 16.3. The zero-order chi connectivity index (χ0) is 21.0. The Balaban J connectivity index is 1.51. The molecule has 1 fully saturated rings. The number of ether oxygens (including phenoxy) is 1. The lowest BCUT2D eigenvalue weighted by Gasteiger charge is -2.10. The number of hydrogen-bond donors (Lipinski definition) is 0. The first-order valence-corrected chi connectivity index (χ1v) is 9.95. The molecule has 3 aromatic heterocycles. The quantitative estimate of drug-likeness (QED) is 0.342. The minimum absolute atomic E-state index is 0.104. The summed E-state index contributed by atoms with van der Waals surface area (Å²) in [6, 6.07) is 6.46. The van der Waals surface area contributed by atoms with Crippen LogP contribution in [-0.4, -0.2) is 16.1 Å². The largest absolute Gasteiger partial charge is 0.457 e. The Labute approximate surface area is 175 Å². The molecule has 3 heterocycles. The number of rotatable bonds is 4. The van der Waals surface area contributed by atoms with Crippen molar-refractivity contribution in [3.63, 3.8) is 0 Å². The van der Waals surface area contributed by atoms with E-state index < -0.39 is 11.6 Å². The molecule has 1 saturated carbocycles. The van der Waals surface area contributed by atoms with Crippen LogP contribution in [0, 0.1) is 13.8 Å². The third kappa shape index (κ3) is 3.25. The van der Waals surface area contributed by atoms with Gasteiger partial charge in [0.15, 0.2) is 0 Å². The van der Waals surface area contributed by atoms with Gasteiger partial charge in [-0.2, -0.15) is 0 Å². The molecule has 1 aromatic carbocycles. The van der Waals surface area contributed by atoms with Gasteiger partial charge >= 0.3 is 11.6 Å². The number of carbonyl (C=O) groups excluding carboxylic acids is 1. The molecule has 0 spiro atoms. The Hall–Kier alpha value is -3.19. The predicted octanol–water partition coefficient (Wildman–Crippen LogP) is 4.83. The number of aryl methyl sites for hydroxylation is 2. The number of carbonyl (C=O) groups is 1. The minimum Gasteiger partial charge on any atom is -0.457 e. The van der Waals surface area contributed by atoms with Gasteiger partial charge in [-0.15, -0.1) is 0 Å². The summed E-state index contributed by atoms with van der Waals surface area (Å²) in [5, 5.41) is 5.64. The molecule has 0 unspecified atom stereocenters. The second kappa shape index (κ2) is 6.95. The lowest BCUT2D eigenvalue weighted by molar-refractivity contribution is 0.0476. The number of aromatic nitrogens is 2. The SMILES string of the molecule is Cc1cc2oc(=O)cc(COC(=O)c3cc(C4CC4)nc4onc(C)c34)c2cc1Cl. The maximum absolute atomic E-state index is 13.0. The van der Waals surface area contributed by atoms with E-state index in [1.165, 1.54) is 6.07 Å². The number of nitrogens with zero attached hydrogens (tertiary/aromatic N) is 2. The van der Waals surface area contributed by atoms with Crippen LogP contribution in [0.2, 0.25) is 5.02 Å². The molecule has 0 amide bonds. The molecule has 1 aliphatic carbocycles. The Morgan fingerprint density at radius 3 is 2.80 bits per heavy atom. The van der Waals surface area contributed by atoms with Gasteiger partial charge in [0, 0.05) is 33.7 Å². The Morgan fingerprint density at radius 2 is 2.03 bits per heavy atom. The maximum Gasteiger partial charge on any atom is 0.339 e. The number of esters is 1. The third-order valence-electron chi connectivity index (χ3n) is 5.32. The maximum atomic E-state index is 13.0. The highest BCUT2D eigenvalue weighted by Gasteiger charge is 2.29. The molecule has 0 N–H and O–H groups in total. The van der Waals surface area contributed by atoms with Gasteiger partial charge in [-0.25, -0.2) is 14.6 Å². The Bertz CT molecular complexity index is 1380. The molecule has 152 valence electrons. The first-order valence-electron chi connectivity index (χ1n) is 9.57. The van der Waals surface area contributed by atoms with Gasteiger partial charge in [-0.05, 0) is 50.5 Å². The lowest BCUT2D eigenvalue weighted by Crippen LogP contribution is -2.09. The van der Waals surface area contributed by atoms with Gasteiger partial charge in [0.05, 0.1) is 16.6 Å². The van der Waals surface area contributed by atoms with Crippen molar-refractivity contribution in [1.29, 1.82) is 0 Å². The first kappa shape index (κ1) is 18.8. The highest BCUT2D eigenvalue weighted by atomic mass is 35.5. The molecule has 30 heavy (non-hydrogen) atoms. The van der Waals surface area contributed by atoms with Crippen molar-refractivity contribution >= 4 is 39.6 Å². The number of fused-ring (bicyclic) bond motifs is 2. The van der Waals surface area contributed by atoms with Crippen molar-refractivity contribution in [1.82, 2.24) is 10.1 Å². The number of hydrogen-bond acceptors (Lipinski definition) is 7. The molecule has 0 radical (unpaired) electrons. The van der Waals surface area contributed by atoms with Crippen LogP contribution >= 0.6 is 11.6 Å². The summed E-state index contributed by atoms with van der Waals surface area (Å²) in [5.74, 6) is -0.199. The summed E-state index contributed by atoms with van der Waals surface area (Å²) in [7, 11) is 0. The van der Waals surface area contributed by atoms with Crippen LogP contribution in [0.4, 0.5) is 0 Å². The van der Waals surface area contributed by atoms with E-state index in [2.05, 4.69) is 10.1 Å². The molecule has 8 heteroatoms. The second-order valence-corrected chi connectivity index (χ2v) is 7.99. The fourth-order valence-corrected chi connectivity index (χ4v) is 3.72.